The Kier molecular flexibility index (Phi) is 4.01. The van der Waals surface area contributed by atoms with E-state index in [2.05, 4.69) is 25.5 Å². The summed E-state index contributed by atoms with van der Waals surface area (Å²) in [4.78, 5) is 30.4. The number of aromatic nitrogens is 4. The van der Waals surface area contributed by atoms with Gasteiger partial charge in [-0.3, -0.25) is 19.7 Å². The third-order valence-corrected chi connectivity index (χ3v) is 3.48. The topological polar surface area (TPSA) is 104 Å². The van der Waals surface area contributed by atoms with Gasteiger partial charge in [0.2, 0.25) is 0 Å². The highest BCUT2D eigenvalue weighted by Gasteiger charge is 2.17. The smallest absolute Gasteiger partial charge is 0.262 e. The molecule has 0 atom stereocenters. The molecule has 0 bridgehead atoms. The molecule has 0 aliphatic carbocycles. The molecule has 3 aromatic heterocycles. The van der Waals surface area contributed by atoms with Gasteiger partial charge in [-0.15, -0.1) is 0 Å². The molecule has 0 saturated heterocycles. The molecule has 7 heteroatoms. The number of nitrogens with one attached hydrogen (secondary N) is 3. The average molecular weight is 309 g/mol. The van der Waals surface area contributed by atoms with Crippen molar-refractivity contribution in [2.24, 2.45) is 0 Å². The second-order valence-electron chi connectivity index (χ2n) is 4.88. The van der Waals surface area contributed by atoms with Gasteiger partial charge in [-0.1, -0.05) is 6.92 Å². The molecule has 0 aromatic carbocycles. The Hall–Kier alpha value is -3.22. The summed E-state index contributed by atoms with van der Waals surface area (Å²) >= 11 is 0. The Morgan fingerprint density at radius 3 is 2.74 bits per heavy atom. The van der Waals surface area contributed by atoms with Gasteiger partial charge < -0.3 is 10.3 Å². The minimum absolute atomic E-state index is 0.0445. The van der Waals surface area contributed by atoms with Crippen LogP contribution < -0.4 is 10.9 Å². The summed E-state index contributed by atoms with van der Waals surface area (Å²) in [6, 6.07) is 6.79. The van der Waals surface area contributed by atoms with Crippen LogP contribution in [-0.4, -0.2) is 26.1 Å². The number of rotatable bonds is 4. The van der Waals surface area contributed by atoms with Crippen LogP contribution in [0, 0.1) is 0 Å². The fourth-order valence-corrected chi connectivity index (χ4v) is 2.35. The quantitative estimate of drug-likeness (QED) is 0.685. The molecule has 3 heterocycles. The van der Waals surface area contributed by atoms with Gasteiger partial charge in [0.05, 0.1) is 5.69 Å². The highest BCUT2D eigenvalue weighted by molar-refractivity contribution is 6.04. The lowest BCUT2D eigenvalue weighted by Gasteiger charge is -2.05. The van der Waals surface area contributed by atoms with Crippen molar-refractivity contribution >= 4 is 11.7 Å². The van der Waals surface area contributed by atoms with Gasteiger partial charge in [0, 0.05) is 29.7 Å². The van der Waals surface area contributed by atoms with Crippen molar-refractivity contribution in [1.82, 2.24) is 20.2 Å². The summed E-state index contributed by atoms with van der Waals surface area (Å²) < 4.78 is 0. The number of hydrogen-bond acceptors (Lipinski definition) is 4. The highest BCUT2D eigenvalue weighted by Crippen LogP contribution is 2.26. The van der Waals surface area contributed by atoms with E-state index < -0.39 is 11.5 Å². The first kappa shape index (κ1) is 14.7. The first-order chi connectivity index (χ1) is 11.2. The van der Waals surface area contributed by atoms with Gasteiger partial charge in [0.1, 0.15) is 5.56 Å². The maximum Gasteiger partial charge on any atom is 0.262 e. The number of carbonyl (C=O) groups is 1. The van der Waals surface area contributed by atoms with Crippen LogP contribution in [0.5, 0.6) is 0 Å². The normalized spacial score (nSPS) is 10.5. The summed E-state index contributed by atoms with van der Waals surface area (Å²) in [5.41, 5.74) is 2.24. The Labute approximate surface area is 131 Å². The molecule has 0 aliphatic rings. The zero-order chi connectivity index (χ0) is 16.2. The van der Waals surface area contributed by atoms with Crippen molar-refractivity contribution in [2.75, 3.05) is 5.32 Å². The van der Waals surface area contributed by atoms with E-state index in [1.165, 1.54) is 12.3 Å². The van der Waals surface area contributed by atoms with Crippen LogP contribution in [0.25, 0.3) is 11.3 Å². The van der Waals surface area contributed by atoms with Crippen molar-refractivity contribution in [2.45, 2.75) is 13.3 Å². The lowest BCUT2D eigenvalue weighted by Crippen LogP contribution is -2.23. The van der Waals surface area contributed by atoms with Crippen LogP contribution in [-0.2, 0) is 6.42 Å². The van der Waals surface area contributed by atoms with E-state index in [9.17, 15) is 9.59 Å². The van der Waals surface area contributed by atoms with Gasteiger partial charge in [-0.2, -0.15) is 5.10 Å². The SMILES string of the molecule is CCc1c(NC(=O)c2ccc[nH]c2=O)n[nH]c1-c1ccncc1. The molecule has 0 unspecified atom stereocenters. The van der Waals surface area contributed by atoms with E-state index in [4.69, 9.17) is 0 Å². The minimum atomic E-state index is -0.491. The maximum absolute atomic E-state index is 12.3. The standard InChI is InChI=1S/C16H15N5O2/c1-2-11-13(10-5-8-17-9-6-10)20-21-14(11)19-16(23)12-4-3-7-18-15(12)22/h3-9H,2H2,1H3,(H,18,22)(H2,19,20,21,23). The van der Waals surface area contributed by atoms with Crippen LogP contribution in [0.3, 0.4) is 0 Å². The first-order valence-electron chi connectivity index (χ1n) is 7.17. The molecule has 0 fully saturated rings. The predicted molar refractivity (Wildman–Crippen MR) is 86.2 cm³/mol. The summed E-state index contributed by atoms with van der Waals surface area (Å²) in [6.07, 6.45) is 5.54. The molecule has 7 nitrogen and oxygen atoms in total. The fourth-order valence-electron chi connectivity index (χ4n) is 2.35. The van der Waals surface area contributed by atoms with Gasteiger partial charge in [-0.25, -0.2) is 0 Å². The molecule has 0 radical (unpaired) electrons. The monoisotopic (exact) mass is 309 g/mol. The molecule has 0 spiro atoms. The van der Waals surface area contributed by atoms with Crippen molar-refractivity contribution in [3.63, 3.8) is 0 Å². The number of pyridine rings is 2. The Balaban J connectivity index is 1.93. The Bertz CT molecular complexity index is 883. The average Bonchev–Trinajstić information content (AvgIpc) is 2.98. The molecular weight excluding hydrogens is 294 g/mol. The number of H-pyrrole nitrogens is 2. The minimum Gasteiger partial charge on any atom is -0.328 e. The highest BCUT2D eigenvalue weighted by atomic mass is 16.2. The molecular formula is C16H15N5O2. The molecule has 3 rings (SSSR count). The molecule has 0 aliphatic heterocycles. The van der Waals surface area contributed by atoms with E-state index in [0.29, 0.717) is 12.2 Å². The summed E-state index contributed by atoms with van der Waals surface area (Å²) in [5, 5.41) is 9.80. The lowest BCUT2D eigenvalue weighted by molar-refractivity contribution is 0.102. The number of carbonyl (C=O) groups excluding carboxylic acids is 1. The molecule has 3 aromatic rings. The van der Waals surface area contributed by atoms with E-state index in [1.807, 2.05) is 19.1 Å². The van der Waals surface area contributed by atoms with Crippen LogP contribution in [0.1, 0.15) is 22.8 Å². The zero-order valence-corrected chi connectivity index (χ0v) is 12.5. The van der Waals surface area contributed by atoms with Crippen LogP contribution in [0.4, 0.5) is 5.82 Å². The third kappa shape index (κ3) is 2.89. The van der Waals surface area contributed by atoms with Gasteiger partial charge in [-0.05, 0) is 30.7 Å². The molecule has 116 valence electrons. The van der Waals surface area contributed by atoms with E-state index in [1.54, 1.807) is 18.5 Å². The molecule has 23 heavy (non-hydrogen) atoms. The lowest BCUT2D eigenvalue weighted by atomic mass is 10.1. The van der Waals surface area contributed by atoms with E-state index in [0.717, 1.165) is 16.8 Å². The second kappa shape index (κ2) is 6.27. The molecule has 1 amide bonds. The maximum atomic E-state index is 12.3. The summed E-state index contributed by atoms with van der Waals surface area (Å²) in [5.74, 6) is -0.0677. The van der Waals surface area contributed by atoms with Crippen LogP contribution in [0.2, 0.25) is 0 Å². The van der Waals surface area contributed by atoms with Crippen LogP contribution in [0.15, 0.2) is 47.7 Å². The van der Waals surface area contributed by atoms with Gasteiger partial charge in [0.15, 0.2) is 5.82 Å². The van der Waals surface area contributed by atoms with Gasteiger partial charge in [0.25, 0.3) is 11.5 Å². The number of nitrogens with zero attached hydrogens (tertiary/aromatic N) is 2. The van der Waals surface area contributed by atoms with E-state index in [-0.39, 0.29) is 5.56 Å². The van der Waals surface area contributed by atoms with Crippen LogP contribution >= 0.6 is 0 Å². The van der Waals surface area contributed by atoms with E-state index >= 15 is 0 Å². The van der Waals surface area contributed by atoms with Crippen molar-refractivity contribution < 1.29 is 4.79 Å². The third-order valence-electron chi connectivity index (χ3n) is 3.48. The van der Waals surface area contributed by atoms with Gasteiger partial charge >= 0.3 is 0 Å². The zero-order valence-electron chi connectivity index (χ0n) is 12.5. The summed E-state index contributed by atoms with van der Waals surface area (Å²) in [6.45, 7) is 1.97. The van der Waals surface area contributed by atoms with Crippen molar-refractivity contribution in [3.8, 4) is 11.3 Å². The second-order valence-corrected chi connectivity index (χ2v) is 4.88. The molecule has 3 N–H and O–H groups in total. The van der Waals surface area contributed by atoms with Crippen molar-refractivity contribution in [1.29, 1.82) is 0 Å². The number of aromatic amines is 2. The molecule has 0 saturated carbocycles. The number of hydrogen-bond donors (Lipinski definition) is 3. The fraction of sp³-hybridized carbons (Fsp3) is 0.125. The number of amides is 1. The van der Waals surface area contributed by atoms with Crippen molar-refractivity contribution in [3.05, 3.63) is 64.3 Å². The largest absolute Gasteiger partial charge is 0.328 e. The summed E-state index contributed by atoms with van der Waals surface area (Å²) in [7, 11) is 0. The Morgan fingerprint density at radius 2 is 2.04 bits per heavy atom. The first-order valence-corrected chi connectivity index (χ1v) is 7.17. The Morgan fingerprint density at radius 1 is 1.26 bits per heavy atom. The number of anilines is 1. The predicted octanol–water partition coefficient (Wildman–Crippen LogP) is 1.97.